The van der Waals surface area contributed by atoms with Crippen LogP contribution in [0.2, 0.25) is 0 Å². The first-order chi connectivity index (χ1) is 8.28. The number of rotatable bonds is 6. The van der Waals surface area contributed by atoms with Gasteiger partial charge in [-0.3, -0.25) is 0 Å². The molecule has 0 amide bonds. The molecular weight excluding hydrogens is 222 g/mol. The topological polar surface area (TPSA) is 57.1 Å². The molecule has 0 N–H and O–H groups in total. The summed E-state index contributed by atoms with van der Waals surface area (Å²) in [7, 11) is 4.72. The molecule has 0 bridgehead atoms. The van der Waals surface area contributed by atoms with Crippen molar-refractivity contribution in [2.45, 2.75) is 13.2 Å². The van der Waals surface area contributed by atoms with Crippen LogP contribution in [-0.2, 0) is 22.7 Å². The minimum absolute atomic E-state index is 0.253. The third-order valence-corrected chi connectivity index (χ3v) is 2.35. The van der Waals surface area contributed by atoms with Gasteiger partial charge in [-0.2, -0.15) is 0 Å². The molecule has 1 rings (SSSR count). The second-order valence-electron chi connectivity index (χ2n) is 3.28. The van der Waals surface area contributed by atoms with Gasteiger partial charge in [-0.1, -0.05) is 6.07 Å². The summed E-state index contributed by atoms with van der Waals surface area (Å²) in [4.78, 5) is 13.7. The van der Waals surface area contributed by atoms with Crippen LogP contribution in [0.4, 0.5) is 0 Å². The number of isocyanates is 1. The SMILES string of the molecule is COCc1c(CN=C=O)ccc(OC)c1OC. The largest absolute Gasteiger partial charge is 0.493 e. The van der Waals surface area contributed by atoms with E-state index in [1.54, 1.807) is 27.4 Å². The van der Waals surface area contributed by atoms with Crippen LogP contribution < -0.4 is 9.47 Å². The lowest BCUT2D eigenvalue weighted by Crippen LogP contribution is -2.02. The average Bonchev–Trinajstić information content (AvgIpc) is 2.37. The van der Waals surface area contributed by atoms with Crippen LogP contribution >= 0.6 is 0 Å². The molecule has 0 unspecified atom stereocenters. The molecule has 0 aliphatic heterocycles. The Labute approximate surface area is 100 Å². The summed E-state index contributed by atoms with van der Waals surface area (Å²) in [5, 5.41) is 0. The second-order valence-corrected chi connectivity index (χ2v) is 3.28. The zero-order chi connectivity index (χ0) is 12.7. The van der Waals surface area contributed by atoms with Gasteiger partial charge in [0.2, 0.25) is 6.08 Å². The fourth-order valence-electron chi connectivity index (χ4n) is 1.60. The predicted molar refractivity (Wildman–Crippen MR) is 62.1 cm³/mol. The first kappa shape index (κ1) is 13.2. The van der Waals surface area contributed by atoms with E-state index in [-0.39, 0.29) is 6.54 Å². The lowest BCUT2D eigenvalue weighted by atomic mass is 10.1. The fourth-order valence-corrected chi connectivity index (χ4v) is 1.60. The van der Waals surface area contributed by atoms with Gasteiger partial charge in [0.25, 0.3) is 0 Å². The van der Waals surface area contributed by atoms with Crippen molar-refractivity contribution in [3.05, 3.63) is 23.3 Å². The summed E-state index contributed by atoms with van der Waals surface area (Å²) in [6.07, 6.45) is 1.51. The smallest absolute Gasteiger partial charge is 0.235 e. The maximum Gasteiger partial charge on any atom is 0.235 e. The number of nitrogens with zero attached hydrogens (tertiary/aromatic N) is 1. The normalized spacial score (nSPS) is 9.59. The Morgan fingerprint density at radius 3 is 2.53 bits per heavy atom. The van der Waals surface area contributed by atoms with Crippen LogP contribution in [-0.4, -0.2) is 27.4 Å². The summed E-state index contributed by atoms with van der Waals surface area (Å²) < 4.78 is 15.6. The maximum absolute atomic E-state index is 10.1. The number of benzene rings is 1. The maximum atomic E-state index is 10.1. The van der Waals surface area contributed by atoms with Gasteiger partial charge in [-0.25, -0.2) is 9.79 Å². The van der Waals surface area contributed by atoms with E-state index in [4.69, 9.17) is 14.2 Å². The Kier molecular flexibility index (Phi) is 5.20. The molecule has 5 heteroatoms. The van der Waals surface area contributed by atoms with Crippen molar-refractivity contribution in [2.75, 3.05) is 21.3 Å². The van der Waals surface area contributed by atoms with Gasteiger partial charge in [-0.15, -0.1) is 0 Å². The van der Waals surface area contributed by atoms with Crippen LogP contribution in [0.3, 0.4) is 0 Å². The molecule has 0 heterocycles. The van der Waals surface area contributed by atoms with E-state index in [1.165, 1.54) is 6.08 Å². The predicted octanol–water partition coefficient (Wildman–Crippen LogP) is 1.69. The summed E-state index contributed by atoms with van der Waals surface area (Å²) in [6, 6.07) is 3.60. The van der Waals surface area contributed by atoms with Gasteiger partial charge in [0.05, 0.1) is 27.4 Å². The minimum Gasteiger partial charge on any atom is -0.493 e. The van der Waals surface area contributed by atoms with E-state index in [9.17, 15) is 4.79 Å². The van der Waals surface area contributed by atoms with Gasteiger partial charge in [0, 0.05) is 12.7 Å². The molecule has 5 nitrogen and oxygen atoms in total. The molecular formula is C12H15NO4. The van der Waals surface area contributed by atoms with Crippen LogP contribution in [0, 0.1) is 0 Å². The third kappa shape index (κ3) is 3.06. The van der Waals surface area contributed by atoms with Crippen LogP contribution in [0.5, 0.6) is 11.5 Å². The Balaban J connectivity index is 3.24. The van der Waals surface area contributed by atoms with Crippen molar-refractivity contribution >= 4 is 6.08 Å². The number of hydrogen-bond donors (Lipinski definition) is 0. The fraction of sp³-hybridized carbons (Fsp3) is 0.417. The van der Waals surface area contributed by atoms with Gasteiger partial charge >= 0.3 is 0 Å². The molecule has 0 aliphatic rings. The molecule has 17 heavy (non-hydrogen) atoms. The molecule has 0 radical (unpaired) electrons. The molecule has 0 aromatic heterocycles. The first-order valence-electron chi connectivity index (χ1n) is 5.03. The average molecular weight is 237 g/mol. The molecule has 0 aliphatic carbocycles. The van der Waals surface area contributed by atoms with Crippen LogP contribution in [0.1, 0.15) is 11.1 Å². The molecule has 92 valence electrons. The standard InChI is InChI=1S/C12H15NO4/c1-15-7-10-9(6-13-8-14)4-5-11(16-2)12(10)17-3/h4-5H,6-7H2,1-3H3. The summed E-state index contributed by atoms with van der Waals surface area (Å²) in [6.45, 7) is 0.618. The molecule has 1 aromatic carbocycles. The zero-order valence-electron chi connectivity index (χ0n) is 10.1. The van der Waals surface area contributed by atoms with Crippen molar-refractivity contribution in [1.29, 1.82) is 0 Å². The molecule has 0 spiro atoms. The Morgan fingerprint density at radius 1 is 1.24 bits per heavy atom. The third-order valence-electron chi connectivity index (χ3n) is 2.35. The van der Waals surface area contributed by atoms with Gasteiger partial charge < -0.3 is 14.2 Å². The first-order valence-corrected chi connectivity index (χ1v) is 5.03. The van der Waals surface area contributed by atoms with Crippen molar-refractivity contribution in [1.82, 2.24) is 0 Å². The summed E-state index contributed by atoms with van der Waals surface area (Å²) >= 11 is 0. The molecule has 0 saturated carbocycles. The number of carbonyl (C=O) groups excluding carboxylic acids is 1. The van der Waals surface area contributed by atoms with E-state index in [0.29, 0.717) is 18.1 Å². The Hall–Kier alpha value is -1.84. The summed E-state index contributed by atoms with van der Waals surface area (Å²) in [5.41, 5.74) is 1.68. The van der Waals surface area contributed by atoms with E-state index in [1.807, 2.05) is 6.07 Å². The Morgan fingerprint density at radius 2 is 2.00 bits per heavy atom. The van der Waals surface area contributed by atoms with Gasteiger partial charge in [0.15, 0.2) is 11.5 Å². The number of hydrogen-bond acceptors (Lipinski definition) is 5. The zero-order valence-corrected chi connectivity index (χ0v) is 10.1. The van der Waals surface area contributed by atoms with E-state index in [2.05, 4.69) is 4.99 Å². The lowest BCUT2D eigenvalue weighted by Gasteiger charge is -2.15. The quantitative estimate of drug-likeness (QED) is 0.558. The molecule has 0 fully saturated rings. The highest BCUT2D eigenvalue weighted by Crippen LogP contribution is 2.34. The Bertz CT molecular complexity index is 425. The van der Waals surface area contributed by atoms with Gasteiger partial charge in [0.1, 0.15) is 0 Å². The minimum atomic E-state index is 0.253. The van der Waals surface area contributed by atoms with Crippen molar-refractivity contribution < 1.29 is 19.0 Å². The van der Waals surface area contributed by atoms with E-state index < -0.39 is 0 Å². The molecule has 0 saturated heterocycles. The highest BCUT2D eigenvalue weighted by molar-refractivity contribution is 5.51. The van der Waals surface area contributed by atoms with E-state index in [0.717, 1.165) is 11.1 Å². The number of aliphatic imine (C=N–C) groups is 1. The van der Waals surface area contributed by atoms with Crippen molar-refractivity contribution in [3.63, 3.8) is 0 Å². The van der Waals surface area contributed by atoms with Gasteiger partial charge in [-0.05, 0) is 11.6 Å². The number of ether oxygens (including phenoxy) is 3. The molecule has 1 aromatic rings. The van der Waals surface area contributed by atoms with E-state index >= 15 is 0 Å². The van der Waals surface area contributed by atoms with Crippen molar-refractivity contribution in [3.8, 4) is 11.5 Å². The monoisotopic (exact) mass is 237 g/mol. The summed E-state index contributed by atoms with van der Waals surface area (Å²) in [5.74, 6) is 1.23. The highest BCUT2D eigenvalue weighted by atomic mass is 16.5. The molecule has 0 atom stereocenters. The second kappa shape index (κ2) is 6.68. The lowest BCUT2D eigenvalue weighted by molar-refractivity contribution is 0.180. The highest BCUT2D eigenvalue weighted by Gasteiger charge is 2.14. The van der Waals surface area contributed by atoms with Crippen LogP contribution in [0.15, 0.2) is 17.1 Å². The van der Waals surface area contributed by atoms with Crippen LogP contribution in [0.25, 0.3) is 0 Å². The number of methoxy groups -OCH3 is 3. The van der Waals surface area contributed by atoms with Crippen molar-refractivity contribution in [2.24, 2.45) is 4.99 Å².